The monoisotopic (exact) mass is 278 g/mol. The SMILES string of the molecule is CCOC(=O)c1cc(F)cc(F)c1CBr. The Morgan fingerprint density at radius 3 is 2.67 bits per heavy atom. The normalized spacial score (nSPS) is 10.1. The lowest BCUT2D eigenvalue weighted by atomic mass is 10.1. The lowest BCUT2D eigenvalue weighted by Crippen LogP contribution is -2.09. The van der Waals surface area contributed by atoms with Gasteiger partial charge in [-0.3, -0.25) is 0 Å². The highest BCUT2D eigenvalue weighted by Crippen LogP contribution is 2.19. The van der Waals surface area contributed by atoms with E-state index in [2.05, 4.69) is 20.7 Å². The van der Waals surface area contributed by atoms with Crippen LogP contribution in [0.2, 0.25) is 0 Å². The Morgan fingerprint density at radius 2 is 2.13 bits per heavy atom. The molecule has 0 spiro atoms. The van der Waals surface area contributed by atoms with Crippen LogP contribution < -0.4 is 0 Å². The van der Waals surface area contributed by atoms with Crippen molar-refractivity contribution >= 4 is 21.9 Å². The van der Waals surface area contributed by atoms with Crippen molar-refractivity contribution in [2.45, 2.75) is 12.3 Å². The predicted molar refractivity (Wildman–Crippen MR) is 54.9 cm³/mol. The van der Waals surface area contributed by atoms with E-state index >= 15 is 0 Å². The van der Waals surface area contributed by atoms with E-state index in [-0.39, 0.29) is 23.1 Å². The van der Waals surface area contributed by atoms with Gasteiger partial charge in [0.2, 0.25) is 0 Å². The molecule has 0 aliphatic heterocycles. The molecule has 0 radical (unpaired) electrons. The first-order chi connectivity index (χ1) is 7.10. The topological polar surface area (TPSA) is 26.3 Å². The highest BCUT2D eigenvalue weighted by molar-refractivity contribution is 9.08. The van der Waals surface area contributed by atoms with Crippen LogP contribution in [0.25, 0.3) is 0 Å². The molecule has 1 aromatic rings. The minimum absolute atomic E-state index is 0.0776. The highest BCUT2D eigenvalue weighted by Gasteiger charge is 2.17. The molecule has 0 aliphatic carbocycles. The molecule has 0 bridgehead atoms. The lowest BCUT2D eigenvalue weighted by Gasteiger charge is -2.07. The maximum Gasteiger partial charge on any atom is 0.338 e. The van der Waals surface area contributed by atoms with Gasteiger partial charge >= 0.3 is 5.97 Å². The van der Waals surface area contributed by atoms with Gasteiger partial charge in [-0.05, 0) is 13.0 Å². The molecule has 1 aromatic carbocycles. The fraction of sp³-hybridized carbons (Fsp3) is 0.300. The summed E-state index contributed by atoms with van der Waals surface area (Å²) in [5.74, 6) is -2.26. The Kier molecular flexibility index (Phi) is 4.20. The van der Waals surface area contributed by atoms with Gasteiger partial charge in [-0.2, -0.15) is 0 Å². The zero-order valence-corrected chi connectivity index (χ0v) is 9.61. The Morgan fingerprint density at radius 1 is 1.47 bits per heavy atom. The van der Waals surface area contributed by atoms with Gasteiger partial charge in [0.25, 0.3) is 0 Å². The van der Waals surface area contributed by atoms with E-state index in [0.29, 0.717) is 0 Å². The maximum absolute atomic E-state index is 13.2. The third-order valence-electron chi connectivity index (χ3n) is 1.79. The smallest absolute Gasteiger partial charge is 0.338 e. The summed E-state index contributed by atoms with van der Waals surface area (Å²) >= 11 is 3.03. The Balaban J connectivity index is 3.20. The third kappa shape index (κ3) is 2.75. The molecule has 0 unspecified atom stereocenters. The van der Waals surface area contributed by atoms with Gasteiger partial charge in [-0.25, -0.2) is 13.6 Å². The Bertz CT molecular complexity index is 380. The van der Waals surface area contributed by atoms with E-state index < -0.39 is 17.6 Å². The fourth-order valence-electron chi connectivity index (χ4n) is 1.13. The minimum atomic E-state index is -0.791. The first kappa shape index (κ1) is 12.1. The summed E-state index contributed by atoms with van der Waals surface area (Å²) in [4.78, 5) is 11.4. The van der Waals surface area contributed by atoms with Crippen LogP contribution in [0.4, 0.5) is 8.78 Å². The van der Waals surface area contributed by atoms with Gasteiger partial charge in [0.1, 0.15) is 11.6 Å². The van der Waals surface area contributed by atoms with Crippen LogP contribution in [0.15, 0.2) is 12.1 Å². The number of carbonyl (C=O) groups is 1. The number of ether oxygens (including phenoxy) is 1. The van der Waals surface area contributed by atoms with Crippen LogP contribution in [0.1, 0.15) is 22.8 Å². The van der Waals surface area contributed by atoms with Gasteiger partial charge in [0.15, 0.2) is 0 Å². The van der Waals surface area contributed by atoms with Gasteiger partial charge in [0.05, 0.1) is 12.2 Å². The molecule has 0 N–H and O–H groups in total. The average Bonchev–Trinajstić information content (AvgIpc) is 2.17. The number of halogens is 3. The van der Waals surface area contributed by atoms with Gasteiger partial charge in [-0.15, -0.1) is 0 Å². The molecule has 0 aliphatic rings. The Hall–Kier alpha value is -0.970. The first-order valence-corrected chi connectivity index (χ1v) is 5.43. The Labute approximate surface area is 94.4 Å². The molecule has 82 valence electrons. The van der Waals surface area contributed by atoms with Crippen molar-refractivity contribution in [3.63, 3.8) is 0 Å². The number of esters is 1. The molecule has 0 heterocycles. The number of benzene rings is 1. The van der Waals surface area contributed by atoms with Crippen LogP contribution in [-0.4, -0.2) is 12.6 Å². The van der Waals surface area contributed by atoms with E-state index in [1.54, 1.807) is 6.92 Å². The van der Waals surface area contributed by atoms with Gasteiger partial charge in [0, 0.05) is 17.0 Å². The summed E-state index contributed by atoms with van der Waals surface area (Å²) in [6, 6.07) is 1.71. The van der Waals surface area contributed by atoms with Crippen molar-refractivity contribution in [3.8, 4) is 0 Å². The fourth-order valence-corrected chi connectivity index (χ4v) is 1.70. The predicted octanol–water partition coefficient (Wildman–Crippen LogP) is 3.04. The van der Waals surface area contributed by atoms with Crippen LogP contribution in [0, 0.1) is 11.6 Å². The summed E-state index contributed by atoms with van der Waals surface area (Å²) in [5, 5.41) is 0.132. The van der Waals surface area contributed by atoms with Crippen molar-refractivity contribution < 1.29 is 18.3 Å². The molecule has 0 fully saturated rings. The van der Waals surface area contributed by atoms with Crippen LogP contribution in [0.5, 0.6) is 0 Å². The number of alkyl halides is 1. The third-order valence-corrected chi connectivity index (χ3v) is 2.35. The number of hydrogen-bond acceptors (Lipinski definition) is 2. The van der Waals surface area contributed by atoms with Gasteiger partial charge in [-0.1, -0.05) is 15.9 Å². The van der Waals surface area contributed by atoms with Crippen molar-refractivity contribution in [2.24, 2.45) is 0 Å². The highest BCUT2D eigenvalue weighted by atomic mass is 79.9. The quantitative estimate of drug-likeness (QED) is 0.628. The molecular weight excluding hydrogens is 270 g/mol. The van der Waals surface area contributed by atoms with Gasteiger partial charge < -0.3 is 4.74 Å². The zero-order valence-electron chi connectivity index (χ0n) is 8.02. The van der Waals surface area contributed by atoms with E-state index in [4.69, 9.17) is 0 Å². The summed E-state index contributed by atoms with van der Waals surface area (Å²) in [6.45, 7) is 1.79. The van der Waals surface area contributed by atoms with Crippen LogP contribution in [0.3, 0.4) is 0 Å². The summed E-state index contributed by atoms with van der Waals surface area (Å²) in [6.07, 6.45) is 0. The molecule has 15 heavy (non-hydrogen) atoms. The lowest BCUT2D eigenvalue weighted by molar-refractivity contribution is 0.0524. The molecule has 5 heteroatoms. The minimum Gasteiger partial charge on any atom is -0.462 e. The van der Waals surface area contributed by atoms with E-state index in [1.807, 2.05) is 0 Å². The summed E-state index contributed by atoms with van der Waals surface area (Å²) in [5.41, 5.74) is 0.0288. The van der Waals surface area contributed by atoms with E-state index in [0.717, 1.165) is 12.1 Å². The molecule has 0 aromatic heterocycles. The summed E-state index contributed by atoms with van der Waals surface area (Å²) < 4.78 is 30.8. The second-order valence-corrected chi connectivity index (χ2v) is 3.33. The zero-order chi connectivity index (χ0) is 11.4. The van der Waals surface area contributed by atoms with Crippen LogP contribution >= 0.6 is 15.9 Å². The molecule has 1 rings (SSSR count). The largest absolute Gasteiger partial charge is 0.462 e. The molecule has 0 saturated carbocycles. The second-order valence-electron chi connectivity index (χ2n) is 2.77. The number of carbonyl (C=O) groups excluding carboxylic acids is 1. The van der Waals surface area contributed by atoms with E-state index in [1.165, 1.54) is 0 Å². The molecule has 2 nitrogen and oxygen atoms in total. The van der Waals surface area contributed by atoms with Crippen molar-refractivity contribution in [1.82, 2.24) is 0 Å². The summed E-state index contributed by atoms with van der Waals surface area (Å²) in [7, 11) is 0. The molecule has 0 atom stereocenters. The van der Waals surface area contributed by atoms with Crippen molar-refractivity contribution in [2.75, 3.05) is 6.61 Å². The number of rotatable bonds is 3. The molecule has 0 amide bonds. The standard InChI is InChI=1S/C10H9BrF2O2/c1-2-15-10(14)7-3-6(12)4-9(13)8(7)5-11/h3-4H,2,5H2,1H3. The average molecular weight is 279 g/mol. The first-order valence-electron chi connectivity index (χ1n) is 4.31. The number of hydrogen-bond donors (Lipinski definition) is 0. The van der Waals surface area contributed by atoms with E-state index in [9.17, 15) is 13.6 Å². The van der Waals surface area contributed by atoms with Crippen molar-refractivity contribution in [3.05, 3.63) is 34.9 Å². The van der Waals surface area contributed by atoms with Crippen LogP contribution in [-0.2, 0) is 10.1 Å². The van der Waals surface area contributed by atoms with Crippen molar-refractivity contribution in [1.29, 1.82) is 0 Å². The molecule has 0 saturated heterocycles. The molecular formula is C10H9BrF2O2. The second kappa shape index (κ2) is 5.21. The maximum atomic E-state index is 13.2.